The summed E-state index contributed by atoms with van der Waals surface area (Å²) in [5, 5.41) is 11.5. The lowest BCUT2D eigenvalue weighted by molar-refractivity contribution is 0.0950. The number of nitrogens with zero attached hydrogens (tertiary/aromatic N) is 2. The number of benzene rings is 2. The monoisotopic (exact) mass is 468 g/mol. The van der Waals surface area contributed by atoms with E-state index in [9.17, 15) is 13.2 Å². The molecule has 1 aliphatic rings. The molecule has 8 heteroatoms. The number of carbonyl (C=O) groups excluding carboxylic acids is 1. The maximum atomic E-state index is 12.7. The summed E-state index contributed by atoms with van der Waals surface area (Å²) in [6, 6.07) is 15.8. The Balaban J connectivity index is 1.60. The summed E-state index contributed by atoms with van der Waals surface area (Å²) in [4.78, 5) is 15.2. The fraction of sp³-hybridized carbons (Fsp3) is 0.440. The molecule has 33 heavy (non-hydrogen) atoms. The van der Waals surface area contributed by atoms with Crippen LogP contribution in [0, 0.1) is 23.2 Å². The lowest BCUT2D eigenvalue weighted by Crippen LogP contribution is -2.38. The van der Waals surface area contributed by atoms with Gasteiger partial charge in [0.15, 0.2) is 0 Å². The molecular weight excluding hydrogens is 436 g/mol. The van der Waals surface area contributed by atoms with Gasteiger partial charge in [-0.2, -0.15) is 5.26 Å². The van der Waals surface area contributed by atoms with Gasteiger partial charge in [0.25, 0.3) is 5.91 Å². The van der Waals surface area contributed by atoms with Crippen LogP contribution >= 0.6 is 0 Å². The molecule has 3 rings (SSSR count). The molecule has 2 atom stereocenters. The summed E-state index contributed by atoms with van der Waals surface area (Å²) in [6.07, 6.45) is 1.36. The van der Waals surface area contributed by atoms with E-state index in [0.29, 0.717) is 23.9 Å². The summed E-state index contributed by atoms with van der Waals surface area (Å²) in [7, 11) is -3.70. The smallest absolute Gasteiger partial charge is 0.251 e. The molecule has 2 aromatic carbocycles. The van der Waals surface area contributed by atoms with Crippen molar-refractivity contribution in [1.82, 2.24) is 14.9 Å². The third-order valence-corrected chi connectivity index (χ3v) is 7.33. The maximum Gasteiger partial charge on any atom is 0.251 e. The van der Waals surface area contributed by atoms with Crippen LogP contribution in [0.4, 0.5) is 0 Å². The highest BCUT2D eigenvalue weighted by Crippen LogP contribution is 2.23. The fourth-order valence-electron chi connectivity index (χ4n) is 4.43. The van der Waals surface area contributed by atoms with Gasteiger partial charge in [-0.3, -0.25) is 9.69 Å². The molecule has 0 aliphatic carbocycles. The Labute approximate surface area is 196 Å². The zero-order chi connectivity index (χ0) is 23.8. The van der Waals surface area contributed by atoms with Crippen LogP contribution in [0.15, 0.2) is 53.4 Å². The molecule has 1 heterocycles. The van der Waals surface area contributed by atoms with Crippen molar-refractivity contribution in [3.8, 4) is 6.07 Å². The van der Waals surface area contributed by atoms with Crippen molar-refractivity contribution in [3.63, 3.8) is 0 Å². The van der Waals surface area contributed by atoms with Crippen molar-refractivity contribution in [2.45, 2.75) is 44.7 Å². The first-order valence-corrected chi connectivity index (χ1v) is 12.8. The molecule has 1 aliphatic heterocycles. The first-order chi connectivity index (χ1) is 15.8. The quantitative estimate of drug-likeness (QED) is 0.550. The van der Waals surface area contributed by atoms with Crippen LogP contribution in [0.2, 0.25) is 0 Å². The van der Waals surface area contributed by atoms with E-state index in [-0.39, 0.29) is 23.8 Å². The van der Waals surface area contributed by atoms with Crippen LogP contribution in [-0.2, 0) is 23.1 Å². The number of hydrogen-bond donors (Lipinski definition) is 2. The molecule has 0 radical (unpaired) electrons. The van der Waals surface area contributed by atoms with Crippen LogP contribution in [0.1, 0.15) is 48.2 Å². The summed E-state index contributed by atoms with van der Waals surface area (Å²) >= 11 is 0. The van der Waals surface area contributed by atoms with Crippen LogP contribution in [0.3, 0.4) is 0 Å². The largest absolute Gasteiger partial charge is 0.348 e. The summed E-state index contributed by atoms with van der Waals surface area (Å²) < 4.78 is 26.8. The molecule has 2 aromatic rings. The third kappa shape index (κ3) is 7.13. The number of hydrogen-bond acceptors (Lipinski definition) is 5. The summed E-state index contributed by atoms with van der Waals surface area (Å²) in [5.41, 5.74) is 2.68. The normalized spacial score (nSPS) is 19.1. The minimum atomic E-state index is -3.70. The van der Waals surface area contributed by atoms with Crippen LogP contribution in [-0.4, -0.2) is 38.9 Å². The molecule has 7 nitrogen and oxygen atoms in total. The van der Waals surface area contributed by atoms with Crippen molar-refractivity contribution < 1.29 is 13.2 Å². The Morgan fingerprint density at radius 2 is 1.70 bits per heavy atom. The summed E-state index contributed by atoms with van der Waals surface area (Å²) in [6.45, 7) is 8.10. The fourth-order valence-corrected chi connectivity index (χ4v) is 5.47. The number of nitriles is 1. The second-order valence-electron chi connectivity index (χ2n) is 8.92. The zero-order valence-electron chi connectivity index (χ0n) is 19.3. The van der Waals surface area contributed by atoms with Gasteiger partial charge in [0.05, 0.1) is 11.0 Å². The number of rotatable bonds is 9. The predicted molar refractivity (Wildman–Crippen MR) is 128 cm³/mol. The average molecular weight is 469 g/mol. The minimum absolute atomic E-state index is 0.0513. The zero-order valence-corrected chi connectivity index (χ0v) is 20.1. The Morgan fingerprint density at radius 3 is 2.33 bits per heavy atom. The van der Waals surface area contributed by atoms with Gasteiger partial charge in [-0.05, 0) is 53.6 Å². The van der Waals surface area contributed by atoms with Crippen LogP contribution in [0.5, 0.6) is 0 Å². The Morgan fingerprint density at radius 1 is 1.06 bits per heavy atom. The molecule has 0 spiro atoms. The van der Waals surface area contributed by atoms with Crippen molar-refractivity contribution in [3.05, 3.63) is 65.2 Å². The van der Waals surface area contributed by atoms with Crippen LogP contribution in [0.25, 0.3) is 0 Å². The Hall–Kier alpha value is -2.73. The number of amides is 1. The van der Waals surface area contributed by atoms with Gasteiger partial charge in [0, 0.05) is 44.7 Å². The molecule has 1 saturated heterocycles. The lowest BCUT2D eigenvalue weighted by atomic mass is 9.91. The van der Waals surface area contributed by atoms with Crippen molar-refractivity contribution in [2.75, 3.05) is 19.6 Å². The van der Waals surface area contributed by atoms with Gasteiger partial charge < -0.3 is 5.32 Å². The number of carbonyl (C=O) groups is 1. The molecule has 1 fully saturated rings. The van der Waals surface area contributed by atoms with E-state index in [2.05, 4.69) is 34.9 Å². The van der Waals surface area contributed by atoms with Gasteiger partial charge in [0.1, 0.15) is 0 Å². The second-order valence-corrected chi connectivity index (χ2v) is 10.7. The molecular formula is C25H32N4O3S. The first-order valence-electron chi connectivity index (χ1n) is 11.3. The number of sulfonamides is 1. The van der Waals surface area contributed by atoms with Crippen molar-refractivity contribution >= 4 is 15.9 Å². The van der Waals surface area contributed by atoms with E-state index in [1.165, 1.54) is 36.2 Å². The van der Waals surface area contributed by atoms with E-state index in [1.807, 2.05) is 24.3 Å². The lowest BCUT2D eigenvalue weighted by Gasteiger charge is -2.35. The number of likely N-dealkylation sites (tertiary alicyclic amines) is 1. The van der Waals surface area contributed by atoms with Gasteiger partial charge >= 0.3 is 0 Å². The van der Waals surface area contributed by atoms with Gasteiger partial charge in [-0.1, -0.05) is 38.1 Å². The molecule has 2 unspecified atom stereocenters. The molecule has 176 valence electrons. The molecule has 0 bridgehead atoms. The number of nitrogens with one attached hydrogen (secondary N) is 2. The first kappa shape index (κ1) is 24.9. The van der Waals surface area contributed by atoms with Crippen molar-refractivity contribution in [1.29, 1.82) is 5.26 Å². The highest BCUT2D eigenvalue weighted by Gasteiger charge is 2.22. The standard InChI is InChI=1S/C25H32N4O3S/c1-19-14-20(2)17-29(16-19)18-23-7-4-3-6-22(23)15-27-25(30)21-8-10-24(11-9-21)33(31,32)28-13-5-12-26/h3-4,6-11,19-20,28H,5,13-18H2,1-2H3,(H,27,30). The highest BCUT2D eigenvalue weighted by atomic mass is 32.2. The molecule has 0 aromatic heterocycles. The second kappa shape index (κ2) is 11.4. The van der Waals surface area contributed by atoms with Gasteiger partial charge in [-0.15, -0.1) is 0 Å². The van der Waals surface area contributed by atoms with E-state index >= 15 is 0 Å². The highest BCUT2D eigenvalue weighted by molar-refractivity contribution is 7.89. The minimum Gasteiger partial charge on any atom is -0.348 e. The summed E-state index contributed by atoms with van der Waals surface area (Å²) in [5.74, 6) is 1.12. The topological polar surface area (TPSA) is 102 Å². The Kier molecular flexibility index (Phi) is 8.61. The van der Waals surface area contributed by atoms with E-state index in [4.69, 9.17) is 5.26 Å². The Bertz CT molecular complexity index is 1080. The molecule has 1 amide bonds. The van der Waals surface area contributed by atoms with Crippen LogP contribution < -0.4 is 10.0 Å². The molecule has 2 N–H and O–H groups in total. The average Bonchev–Trinajstić information content (AvgIpc) is 2.78. The van der Waals surface area contributed by atoms with Gasteiger partial charge in [0.2, 0.25) is 10.0 Å². The van der Waals surface area contributed by atoms with E-state index < -0.39 is 10.0 Å². The van der Waals surface area contributed by atoms with E-state index in [0.717, 1.165) is 25.2 Å². The van der Waals surface area contributed by atoms with Crippen molar-refractivity contribution in [2.24, 2.45) is 11.8 Å². The maximum absolute atomic E-state index is 12.7. The third-order valence-electron chi connectivity index (χ3n) is 5.85. The van der Waals surface area contributed by atoms with Gasteiger partial charge in [-0.25, -0.2) is 13.1 Å². The molecule has 0 saturated carbocycles. The predicted octanol–water partition coefficient (Wildman–Crippen LogP) is 3.29. The number of piperidine rings is 1. The van der Waals surface area contributed by atoms with E-state index in [1.54, 1.807) is 0 Å². The SMILES string of the molecule is CC1CC(C)CN(Cc2ccccc2CNC(=O)c2ccc(S(=O)(=O)NCCC#N)cc2)C1.